The van der Waals surface area contributed by atoms with Gasteiger partial charge in [-0.1, -0.05) is 18.5 Å². The van der Waals surface area contributed by atoms with Crippen molar-refractivity contribution in [3.8, 4) is 5.75 Å². The Kier molecular flexibility index (Phi) is 5.53. The van der Waals surface area contributed by atoms with E-state index in [1.807, 2.05) is 0 Å². The normalized spacial score (nSPS) is 33.1. The number of carbonyl (C=O) groups is 1. The first-order chi connectivity index (χ1) is 13.4. The minimum Gasteiger partial charge on any atom is -0.484 e. The van der Waals surface area contributed by atoms with Gasteiger partial charge in [-0.25, -0.2) is 4.39 Å². The lowest BCUT2D eigenvalue weighted by molar-refractivity contribution is -0.197. The molecule has 154 valence electrons. The largest absolute Gasteiger partial charge is 0.484 e. The van der Waals surface area contributed by atoms with Crippen LogP contribution in [0.2, 0.25) is 5.02 Å². The second kappa shape index (κ2) is 7.78. The molecule has 0 aromatic heterocycles. The van der Waals surface area contributed by atoms with Gasteiger partial charge in [0.05, 0.1) is 18.2 Å². The highest BCUT2D eigenvalue weighted by Crippen LogP contribution is 2.67. The van der Waals surface area contributed by atoms with Crippen molar-refractivity contribution in [2.75, 3.05) is 19.8 Å². The molecule has 1 amide bonds. The highest BCUT2D eigenvalue weighted by molar-refractivity contribution is 6.30. The summed E-state index contributed by atoms with van der Waals surface area (Å²) < 4.78 is 24.6. The van der Waals surface area contributed by atoms with Crippen LogP contribution >= 0.6 is 11.6 Å². The molecule has 3 saturated carbocycles. The summed E-state index contributed by atoms with van der Waals surface area (Å²) in [6.45, 7) is 3.31. The Balaban J connectivity index is 1.13. The quantitative estimate of drug-likeness (QED) is 0.652. The van der Waals surface area contributed by atoms with Crippen molar-refractivity contribution >= 4 is 17.5 Å². The van der Waals surface area contributed by atoms with Gasteiger partial charge in [0.25, 0.3) is 5.91 Å². The number of nitrogens with one attached hydrogen (secondary N) is 2. The number of amides is 1. The summed E-state index contributed by atoms with van der Waals surface area (Å²) in [6, 6.07) is 4.55. The van der Waals surface area contributed by atoms with Crippen LogP contribution in [0.4, 0.5) is 4.39 Å². The minimum atomic E-state index is -0.565. The number of benzene rings is 1. The topological polar surface area (TPSA) is 68.8 Å². The SMILES string of the molecule is CCC1CC(COCC23CC(NC(=O)COc4ccc(Cl)c(F)c4)(C2)C3)ON1. The lowest BCUT2D eigenvalue weighted by Gasteiger charge is -2.70. The van der Waals surface area contributed by atoms with Gasteiger partial charge in [-0.2, -0.15) is 5.48 Å². The first-order valence-electron chi connectivity index (χ1n) is 9.79. The van der Waals surface area contributed by atoms with Crippen LogP contribution in [-0.2, 0) is 14.4 Å². The van der Waals surface area contributed by atoms with Crippen LogP contribution in [0, 0.1) is 11.2 Å². The van der Waals surface area contributed by atoms with E-state index < -0.39 is 5.82 Å². The zero-order valence-corrected chi connectivity index (χ0v) is 16.7. The molecule has 6 nitrogen and oxygen atoms in total. The van der Waals surface area contributed by atoms with Crippen molar-refractivity contribution in [3.63, 3.8) is 0 Å². The van der Waals surface area contributed by atoms with Crippen LogP contribution in [0.5, 0.6) is 5.75 Å². The first kappa shape index (κ1) is 19.9. The van der Waals surface area contributed by atoms with E-state index in [9.17, 15) is 9.18 Å². The second-order valence-corrected chi connectivity index (χ2v) is 8.84. The molecule has 1 heterocycles. The molecule has 1 aromatic rings. The lowest BCUT2D eigenvalue weighted by atomic mass is 9.39. The van der Waals surface area contributed by atoms with Gasteiger partial charge in [0.1, 0.15) is 17.7 Å². The van der Waals surface area contributed by atoms with E-state index in [4.69, 9.17) is 25.9 Å². The van der Waals surface area contributed by atoms with Crippen LogP contribution in [0.25, 0.3) is 0 Å². The number of hydrogen-bond donors (Lipinski definition) is 2. The molecule has 2 unspecified atom stereocenters. The number of ether oxygens (including phenoxy) is 2. The van der Waals surface area contributed by atoms with Crippen LogP contribution in [-0.4, -0.2) is 43.4 Å². The summed E-state index contributed by atoms with van der Waals surface area (Å²) in [4.78, 5) is 17.7. The molecule has 28 heavy (non-hydrogen) atoms. The molecule has 1 aromatic carbocycles. The number of rotatable bonds is 9. The summed E-state index contributed by atoms with van der Waals surface area (Å²) in [5.41, 5.74) is 3.11. The van der Waals surface area contributed by atoms with Crippen molar-refractivity contribution in [3.05, 3.63) is 29.0 Å². The highest BCUT2D eigenvalue weighted by Gasteiger charge is 2.68. The summed E-state index contributed by atoms with van der Waals surface area (Å²) in [5, 5.41) is 3.08. The van der Waals surface area contributed by atoms with Crippen molar-refractivity contribution in [1.82, 2.24) is 10.8 Å². The van der Waals surface area contributed by atoms with Crippen molar-refractivity contribution < 1.29 is 23.5 Å². The van der Waals surface area contributed by atoms with E-state index in [1.165, 1.54) is 12.1 Å². The fourth-order valence-corrected chi connectivity index (χ4v) is 4.81. The van der Waals surface area contributed by atoms with E-state index in [0.29, 0.717) is 19.3 Å². The second-order valence-electron chi connectivity index (χ2n) is 8.44. The van der Waals surface area contributed by atoms with Crippen molar-refractivity contribution in [2.45, 2.75) is 56.7 Å². The van der Waals surface area contributed by atoms with Gasteiger partial charge >= 0.3 is 0 Å². The molecule has 3 aliphatic carbocycles. The van der Waals surface area contributed by atoms with Gasteiger partial charge in [0.2, 0.25) is 0 Å². The average Bonchev–Trinajstić information content (AvgIpc) is 3.07. The standard InChI is InChI=1S/C20H26ClFN2O4/c1-2-13-5-15(28-24-13)7-26-12-19-9-20(10-19,11-19)23-18(25)8-27-14-3-4-16(21)17(22)6-14/h3-4,6,13,15,24H,2,5,7-12H2,1H3,(H,23,25). The summed E-state index contributed by atoms with van der Waals surface area (Å²) >= 11 is 5.63. The Hall–Kier alpha value is -1.41. The van der Waals surface area contributed by atoms with Gasteiger partial charge in [0.15, 0.2) is 6.61 Å². The zero-order valence-electron chi connectivity index (χ0n) is 15.9. The maximum atomic E-state index is 13.4. The van der Waals surface area contributed by atoms with Gasteiger partial charge in [-0.3, -0.25) is 9.63 Å². The third-order valence-electron chi connectivity index (χ3n) is 5.96. The van der Waals surface area contributed by atoms with Crippen LogP contribution in [0.15, 0.2) is 18.2 Å². The monoisotopic (exact) mass is 412 g/mol. The third-order valence-corrected chi connectivity index (χ3v) is 6.27. The molecule has 5 rings (SSSR count). The van der Waals surface area contributed by atoms with Crippen LogP contribution in [0.3, 0.4) is 0 Å². The Morgan fingerprint density at radius 1 is 1.43 bits per heavy atom. The smallest absolute Gasteiger partial charge is 0.258 e. The highest BCUT2D eigenvalue weighted by atomic mass is 35.5. The zero-order chi connectivity index (χ0) is 19.8. The van der Waals surface area contributed by atoms with Crippen molar-refractivity contribution in [2.24, 2.45) is 5.41 Å². The maximum absolute atomic E-state index is 13.4. The lowest BCUT2D eigenvalue weighted by Crippen LogP contribution is -2.76. The Bertz CT molecular complexity index is 727. The first-order valence-corrected chi connectivity index (χ1v) is 10.2. The molecule has 4 fully saturated rings. The van der Waals surface area contributed by atoms with E-state index in [-0.39, 0.29) is 40.3 Å². The number of hydroxylamine groups is 1. The van der Waals surface area contributed by atoms with Gasteiger partial charge in [0, 0.05) is 23.1 Å². The molecule has 0 radical (unpaired) electrons. The number of carbonyl (C=O) groups excluding carboxylic acids is 1. The average molecular weight is 413 g/mol. The van der Waals surface area contributed by atoms with E-state index in [1.54, 1.807) is 6.07 Å². The Labute approximate surface area is 169 Å². The summed E-state index contributed by atoms with van der Waals surface area (Å²) in [5.74, 6) is -0.473. The minimum absolute atomic E-state index is 0.0270. The summed E-state index contributed by atoms with van der Waals surface area (Å²) in [7, 11) is 0. The Morgan fingerprint density at radius 2 is 2.21 bits per heavy atom. The van der Waals surface area contributed by atoms with Crippen LogP contribution in [0.1, 0.15) is 39.0 Å². The van der Waals surface area contributed by atoms with Gasteiger partial charge in [-0.15, -0.1) is 0 Å². The molecule has 4 aliphatic rings. The van der Waals surface area contributed by atoms with Crippen LogP contribution < -0.4 is 15.5 Å². The molecule has 0 spiro atoms. The van der Waals surface area contributed by atoms with Crippen molar-refractivity contribution in [1.29, 1.82) is 0 Å². The van der Waals surface area contributed by atoms with E-state index >= 15 is 0 Å². The number of hydrogen-bond acceptors (Lipinski definition) is 5. The molecular formula is C20H26ClFN2O4. The van der Waals surface area contributed by atoms with Gasteiger partial charge < -0.3 is 14.8 Å². The van der Waals surface area contributed by atoms with E-state index in [2.05, 4.69) is 17.7 Å². The Morgan fingerprint density at radius 3 is 2.89 bits per heavy atom. The maximum Gasteiger partial charge on any atom is 0.258 e. The number of halogens is 2. The predicted octanol–water partition coefficient (Wildman–Crippen LogP) is 2.99. The molecule has 2 atom stereocenters. The molecular weight excluding hydrogens is 387 g/mol. The fraction of sp³-hybridized carbons (Fsp3) is 0.650. The molecule has 1 aliphatic heterocycles. The third kappa shape index (κ3) is 4.13. The molecule has 8 heteroatoms. The molecule has 1 saturated heterocycles. The predicted molar refractivity (Wildman–Crippen MR) is 102 cm³/mol. The van der Waals surface area contributed by atoms with Gasteiger partial charge in [-0.05, 0) is 44.2 Å². The van der Waals surface area contributed by atoms with E-state index in [0.717, 1.165) is 32.1 Å². The summed E-state index contributed by atoms with van der Waals surface area (Å²) in [6.07, 6.45) is 4.97. The fourth-order valence-electron chi connectivity index (χ4n) is 4.70. The molecule has 2 bridgehead atoms. The molecule has 2 N–H and O–H groups in total.